The van der Waals surface area contributed by atoms with E-state index < -0.39 is 9.03 Å². The van der Waals surface area contributed by atoms with E-state index in [1.54, 1.807) is 0 Å². The van der Waals surface area contributed by atoms with Gasteiger partial charge in [0.25, 0.3) is 0 Å². The minimum Gasteiger partial charge on any atom is -0.356 e. The lowest BCUT2D eigenvalue weighted by Gasteiger charge is -2.05. The molecule has 0 saturated heterocycles. The summed E-state index contributed by atoms with van der Waals surface area (Å²) in [6.45, 7) is 2.10. The quantitative estimate of drug-likeness (QED) is 0.353. The van der Waals surface area contributed by atoms with Crippen LogP contribution < -0.4 is 11.1 Å². The maximum absolute atomic E-state index is 11.4. The van der Waals surface area contributed by atoms with Gasteiger partial charge < -0.3 is 20.5 Å². The van der Waals surface area contributed by atoms with E-state index in [9.17, 15) is 4.79 Å². The molecule has 4 N–H and O–H groups in total. The Hall–Kier alpha value is -0.220. The molecule has 0 radical (unpaired) electrons. The minimum absolute atomic E-state index is 0.150. The lowest BCUT2D eigenvalue weighted by atomic mass is 10.2. The number of nitrogens with one attached hydrogen (secondary N) is 1. The molecule has 0 aromatic rings. The molecule has 1 amide bonds. The number of carbonyl (C=O) groups excluding carboxylic acids is 1. The molecule has 0 heterocycles. The van der Waals surface area contributed by atoms with E-state index in [2.05, 4.69) is 5.32 Å². The molecule has 0 aliphatic heterocycles. The Morgan fingerprint density at radius 1 is 1.11 bits per heavy atom. The van der Waals surface area contributed by atoms with Gasteiger partial charge in [0.2, 0.25) is 5.91 Å². The monoisotopic (exact) mass is 278 g/mol. The first-order valence-corrected chi connectivity index (χ1v) is 7.64. The molecule has 0 spiro atoms. The van der Waals surface area contributed by atoms with Gasteiger partial charge in [-0.2, -0.15) is 0 Å². The molecule has 0 saturated carbocycles. The number of hydrogen-bond donors (Lipinski definition) is 3. The van der Waals surface area contributed by atoms with Gasteiger partial charge in [-0.15, -0.1) is 0 Å². The molecule has 0 aliphatic carbocycles. The number of unbranched alkanes of at least 4 members (excludes halogenated alkanes) is 5. The van der Waals surface area contributed by atoms with Crippen molar-refractivity contribution < 1.29 is 14.2 Å². The molecule has 6 heteroatoms. The first kappa shape index (κ1) is 17.8. The van der Waals surface area contributed by atoms with E-state index in [1.807, 2.05) is 0 Å². The van der Waals surface area contributed by atoms with Crippen LogP contribution in [0.25, 0.3) is 0 Å². The van der Waals surface area contributed by atoms with Crippen molar-refractivity contribution in [2.45, 2.75) is 51.4 Å². The Morgan fingerprint density at radius 2 is 1.83 bits per heavy atom. The van der Waals surface area contributed by atoms with E-state index in [0.29, 0.717) is 19.6 Å². The molecule has 0 bridgehead atoms. The molecule has 0 aromatic carbocycles. The van der Waals surface area contributed by atoms with Crippen LogP contribution >= 0.6 is 9.03 Å². The zero-order valence-corrected chi connectivity index (χ0v) is 12.1. The van der Waals surface area contributed by atoms with Crippen molar-refractivity contribution in [1.82, 2.24) is 5.32 Å². The van der Waals surface area contributed by atoms with E-state index in [4.69, 9.17) is 15.2 Å². The van der Waals surface area contributed by atoms with Gasteiger partial charge in [0.05, 0.1) is 6.61 Å². The molecule has 1 unspecified atom stereocenters. The zero-order chi connectivity index (χ0) is 13.5. The van der Waals surface area contributed by atoms with Gasteiger partial charge in [0.15, 0.2) is 9.03 Å². The summed E-state index contributed by atoms with van der Waals surface area (Å²) >= 11 is 0. The van der Waals surface area contributed by atoms with Gasteiger partial charge >= 0.3 is 0 Å². The second kappa shape index (κ2) is 14.8. The Labute approximate surface area is 112 Å². The van der Waals surface area contributed by atoms with Crippen LogP contribution in [0.15, 0.2) is 0 Å². The highest BCUT2D eigenvalue weighted by molar-refractivity contribution is 7.24. The Morgan fingerprint density at radius 3 is 2.56 bits per heavy atom. The maximum atomic E-state index is 11.4. The van der Waals surface area contributed by atoms with E-state index in [0.717, 1.165) is 51.5 Å². The third-order valence-electron chi connectivity index (χ3n) is 2.67. The average molecular weight is 278 g/mol. The Kier molecular flexibility index (Phi) is 14.7. The van der Waals surface area contributed by atoms with Crippen molar-refractivity contribution in [1.29, 1.82) is 0 Å². The largest absolute Gasteiger partial charge is 0.356 e. The van der Waals surface area contributed by atoms with Gasteiger partial charge in [-0.1, -0.05) is 19.3 Å². The molecule has 0 aromatic heterocycles. The van der Waals surface area contributed by atoms with E-state index in [1.165, 1.54) is 0 Å². The average Bonchev–Trinajstić information content (AvgIpc) is 2.38. The van der Waals surface area contributed by atoms with Crippen molar-refractivity contribution in [2.24, 2.45) is 5.73 Å². The SMILES string of the molecule is NCCCCCC(=O)NCCCCCCOPO. The van der Waals surface area contributed by atoms with Crippen LogP contribution in [0, 0.1) is 0 Å². The molecule has 1 atom stereocenters. The summed E-state index contributed by atoms with van der Waals surface area (Å²) in [5.74, 6) is 0.150. The predicted molar refractivity (Wildman–Crippen MR) is 75.5 cm³/mol. The summed E-state index contributed by atoms with van der Waals surface area (Å²) < 4.78 is 4.85. The van der Waals surface area contributed by atoms with Crippen LogP contribution in [0.2, 0.25) is 0 Å². The van der Waals surface area contributed by atoms with Crippen LogP contribution in [0.4, 0.5) is 0 Å². The second-order valence-electron chi connectivity index (χ2n) is 4.30. The van der Waals surface area contributed by atoms with Crippen molar-refractivity contribution in [3.05, 3.63) is 0 Å². The van der Waals surface area contributed by atoms with Gasteiger partial charge in [-0.05, 0) is 32.2 Å². The fourth-order valence-corrected chi connectivity index (χ4v) is 1.86. The first-order chi connectivity index (χ1) is 8.81. The molecule has 108 valence electrons. The van der Waals surface area contributed by atoms with Crippen molar-refractivity contribution in [3.63, 3.8) is 0 Å². The summed E-state index contributed by atoms with van der Waals surface area (Å²) in [6, 6.07) is 0. The van der Waals surface area contributed by atoms with Crippen LogP contribution in [-0.2, 0) is 9.32 Å². The molecular weight excluding hydrogens is 251 g/mol. The number of rotatable bonds is 13. The first-order valence-electron chi connectivity index (χ1n) is 6.79. The summed E-state index contributed by atoms with van der Waals surface area (Å²) in [7, 11) is -0.399. The second-order valence-corrected chi connectivity index (χ2v) is 4.77. The van der Waals surface area contributed by atoms with Crippen LogP contribution in [0.5, 0.6) is 0 Å². The minimum atomic E-state index is -0.399. The normalized spacial score (nSPS) is 11.2. The molecule has 0 aliphatic rings. The van der Waals surface area contributed by atoms with Crippen LogP contribution in [0.3, 0.4) is 0 Å². The Bertz CT molecular complexity index is 194. The lowest BCUT2D eigenvalue weighted by molar-refractivity contribution is -0.121. The standard InChI is InChI=1S/C12H27N2O3P/c13-9-5-3-4-8-12(15)14-10-6-1-2-7-11-17-18-16/h16,18H,1-11,13H2,(H,14,15). The summed E-state index contributed by atoms with van der Waals surface area (Å²) in [6.07, 6.45) is 7.74. The predicted octanol–water partition coefficient (Wildman–Crippen LogP) is 1.70. The third-order valence-corrected chi connectivity index (χ3v) is 3.00. The highest BCUT2D eigenvalue weighted by Crippen LogP contribution is 2.06. The van der Waals surface area contributed by atoms with Crippen LogP contribution in [-0.4, -0.2) is 30.5 Å². The maximum Gasteiger partial charge on any atom is 0.219 e. The van der Waals surface area contributed by atoms with Gasteiger partial charge in [-0.3, -0.25) is 4.79 Å². The van der Waals surface area contributed by atoms with Gasteiger partial charge in [0.1, 0.15) is 0 Å². The molecule has 0 rings (SSSR count). The molecule has 18 heavy (non-hydrogen) atoms. The zero-order valence-electron chi connectivity index (χ0n) is 11.1. The number of nitrogens with two attached hydrogens (primary N) is 1. The highest BCUT2D eigenvalue weighted by atomic mass is 31.1. The molecule has 0 fully saturated rings. The third kappa shape index (κ3) is 13.8. The fourth-order valence-electron chi connectivity index (χ4n) is 1.62. The topological polar surface area (TPSA) is 84.6 Å². The van der Waals surface area contributed by atoms with Gasteiger partial charge in [-0.25, -0.2) is 0 Å². The number of carbonyl (C=O) groups is 1. The fraction of sp³-hybridized carbons (Fsp3) is 0.917. The lowest BCUT2D eigenvalue weighted by Crippen LogP contribution is -2.24. The number of amides is 1. The Balaban J connectivity index is 3.10. The van der Waals surface area contributed by atoms with Gasteiger partial charge in [0, 0.05) is 13.0 Å². The molecular formula is C12H27N2O3P. The van der Waals surface area contributed by atoms with Crippen LogP contribution in [0.1, 0.15) is 51.4 Å². The summed E-state index contributed by atoms with van der Waals surface area (Å²) in [4.78, 5) is 19.8. The molecule has 5 nitrogen and oxygen atoms in total. The van der Waals surface area contributed by atoms with Crippen molar-refractivity contribution >= 4 is 14.9 Å². The van der Waals surface area contributed by atoms with Crippen molar-refractivity contribution in [2.75, 3.05) is 19.7 Å². The van der Waals surface area contributed by atoms with E-state index in [-0.39, 0.29) is 5.91 Å². The van der Waals surface area contributed by atoms with E-state index >= 15 is 0 Å². The van der Waals surface area contributed by atoms with Crippen molar-refractivity contribution in [3.8, 4) is 0 Å². The number of hydrogen-bond acceptors (Lipinski definition) is 4. The smallest absolute Gasteiger partial charge is 0.219 e. The summed E-state index contributed by atoms with van der Waals surface area (Å²) in [5, 5.41) is 2.92. The highest BCUT2D eigenvalue weighted by Gasteiger charge is 1.99. The summed E-state index contributed by atoms with van der Waals surface area (Å²) in [5.41, 5.74) is 5.38.